The normalized spacial score (nSPS) is 19.1. The molecule has 4 aliphatic carbocycles. The van der Waals surface area contributed by atoms with E-state index in [1.165, 1.54) is 127 Å². The van der Waals surface area contributed by atoms with E-state index < -0.39 is 0 Å². The van der Waals surface area contributed by atoms with Gasteiger partial charge in [-0.1, -0.05) is 146 Å². The van der Waals surface area contributed by atoms with Gasteiger partial charge in [-0.15, -0.1) is 0 Å². The van der Waals surface area contributed by atoms with Gasteiger partial charge in [-0.3, -0.25) is 0 Å². The molecule has 0 N–H and O–H groups in total. The summed E-state index contributed by atoms with van der Waals surface area (Å²) in [5, 5.41) is 5.03. The molecule has 4 aliphatic rings. The van der Waals surface area contributed by atoms with Crippen LogP contribution in [0, 0.1) is 17.8 Å². The third-order valence-corrected chi connectivity index (χ3v) is 17.3. The monoisotopic (exact) mass is 937 g/mol. The fourth-order valence-electron chi connectivity index (χ4n) is 14.4. The van der Waals surface area contributed by atoms with Crippen molar-refractivity contribution >= 4 is 60.7 Å². The van der Waals surface area contributed by atoms with Crippen molar-refractivity contribution in [2.45, 2.75) is 43.9 Å². The van der Waals surface area contributed by atoms with E-state index in [0.29, 0.717) is 5.41 Å². The van der Waals surface area contributed by atoms with Crippen LogP contribution in [-0.4, -0.2) is 9.13 Å². The standard InChI is InChI=1S/C70H55N3/c1-3-11-57(12-4-1)72-66-17-9-7-15-62(66)64-42-54(27-37-68(64)72)52-23-33-60(34-24-52)71(59-31-21-51(22-32-59)50-19-29-56(30-20-50)70-44-47-39-48(45-70)41-49(40-47)46-70)61-35-25-53(26-36-61)55-28-38-69-65(43-55)63-16-8-10-18-67(63)73(69)58-13-5-2-6-14-58/h1-38,42-43,47-49H,39-41,44-46H2. The number of hydrogen-bond donors (Lipinski definition) is 0. The second kappa shape index (κ2) is 16.9. The number of nitrogens with zero attached hydrogens (tertiary/aromatic N) is 3. The van der Waals surface area contributed by atoms with E-state index >= 15 is 0 Å². The van der Waals surface area contributed by atoms with Gasteiger partial charge in [0.15, 0.2) is 0 Å². The van der Waals surface area contributed by atoms with Gasteiger partial charge >= 0.3 is 0 Å². The number of para-hydroxylation sites is 4. The Labute approximate surface area is 427 Å². The predicted molar refractivity (Wildman–Crippen MR) is 306 cm³/mol. The topological polar surface area (TPSA) is 13.1 Å². The lowest BCUT2D eigenvalue weighted by Crippen LogP contribution is -2.48. The molecule has 12 aromatic rings. The van der Waals surface area contributed by atoms with Crippen LogP contribution in [0.1, 0.15) is 44.1 Å². The zero-order chi connectivity index (χ0) is 48.0. The average Bonchev–Trinajstić information content (AvgIpc) is 3.96. The van der Waals surface area contributed by atoms with Crippen LogP contribution in [0.25, 0.3) is 88.4 Å². The van der Waals surface area contributed by atoms with Crippen molar-refractivity contribution in [1.29, 1.82) is 0 Å². The van der Waals surface area contributed by atoms with E-state index in [1.54, 1.807) is 5.56 Å². The molecule has 0 atom stereocenters. The lowest BCUT2D eigenvalue weighted by molar-refractivity contribution is -0.00518. The van der Waals surface area contributed by atoms with Crippen LogP contribution in [-0.2, 0) is 5.41 Å². The first kappa shape index (κ1) is 42.3. The molecule has 16 rings (SSSR count). The van der Waals surface area contributed by atoms with Gasteiger partial charge < -0.3 is 14.0 Å². The molecule has 2 aromatic heterocycles. The average molecular weight is 938 g/mol. The zero-order valence-electron chi connectivity index (χ0n) is 40.9. The van der Waals surface area contributed by atoms with Crippen molar-refractivity contribution in [1.82, 2.24) is 9.13 Å². The maximum absolute atomic E-state index is 2.48. The summed E-state index contributed by atoms with van der Waals surface area (Å²) in [6.45, 7) is 0. The maximum Gasteiger partial charge on any atom is 0.0541 e. The fourth-order valence-corrected chi connectivity index (χ4v) is 14.4. The molecule has 0 saturated heterocycles. The summed E-state index contributed by atoms with van der Waals surface area (Å²) in [4.78, 5) is 2.40. The van der Waals surface area contributed by atoms with Gasteiger partial charge in [-0.25, -0.2) is 0 Å². The summed E-state index contributed by atoms with van der Waals surface area (Å²) < 4.78 is 4.76. The van der Waals surface area contributed by atoms with Gasteiger partial charge in [0.2, 0.25) is 0 Å². The van der Waals surface area contributed by atoms with Gasteiger partial charge in [-0.2, -0.15) is 0 Å². The van der Waals surface area contributed by atoms with E-state index in [1.807, 2.05) is 0 Å². The predicted octanol–water partition coefficient (Wildman–Crippen LogP) is 18.8. The molecular weight excluding hydrogens is 883 g/mol. The van der Waals surface area contributed by atoms with E-state index in [0.717, 1.165) is 34.8 Å². The molecule has 73 heavy (non-hydrogen) atoms. The van der Waals surface area contributed by atoms with Crippen LogP contribution in [0.15, 0.2) is 243 Å². The van der Waals surface area contributed by atoms with Crippen molar-refractivity contribution in [2.75, 3.05) is 4.90 Å². The largest absolute Gasteiger partial charge is 0.311 e. The molecule has 0 amide bonds. The number of benzene rings is 10. The van der Waals surface area contributed by atoms with Crippen LogP contribution in [0.2, 0.25) is 0 Å². The summed E-state index contributed by atoms with van der Waals surface area (Å²) in [5.74, 6) is 2.84. The Morgan fingerprint density at radius 1 is 0.301 bits per heavy atom. The Balaban J connectivity index is 0.781. The van der Waals surface area contributed by atoms with Crippen molar-refractivity contribution < 1.29 is 0 Å². The van der Waals surface area contributed by atoms with E-state index in [9.17, 15) is 0 Å². The molecule has 0 spiro atoms. The van der Waals surface area contributed by atoms with E-state index in [4.69, 9.17) is 0 Å². The van der Waals surface area contributed by atoms with Gasteiger partial charge in [0, 0.05) is 50.0 Å². The number of rotatable bonds is 9. The highest BCUT2D eigenvalue weighted by atomic mass is 15.1. The molecule has 0 radical (unpaired) electrons. The molecule has 4 fully saturated rings. The second-order valence-corrected chi connectivity index (χ2v) is 21.6. The first-order chi connectivity index (χ1) is 36.1. The summed E-state index contributed by atoms with van der Waals surface area (Å²) in [6, 6.07) is 90.1. The third-order valence-electron chi connectivity index (χ3n) is 17.3. The summed E-state index contributed by atoms with van der Waals surface area (Å²) in [6.07, 6.45) is 8.63. The quantitative estimate of drug-likeness (QED) is 0.141. The minimum Gasteiger partial charge on any atom is -0.311 e. The highest BCUT2D eigenvalue weighted by molar-refractivity contribution is 6.11. The highest BCUT2D eigenvalue weighted by Gasteiger charge is 2.51. The van der Waals surface area contributed by atoms with Crippen molar-refractivity contribution in [3.63, 3.8) is 0 Å². The maximum atomic E-state index is 2.48. The van der Waals surface area contributed by atoms with Crippen LogP contribution in [0.5, 0.6) is 0 Å². The van der Waals surface area contributed by atoms with Crippen molar-refractivity contribution in [2.24, 2.45) is 17.8 Å². The van der Waals surface area contributed by atoms with E-state index in [-0.39, 0.29) is 0 Å². The summed E-state index contributed by atoms with van der Waals surface area (Å²) in [7, 11) is 0. The Bertz CT molecular complexity index is 3780. The number of fused-ring (bicyclic) bond motifs is 6. The Morgan fingerprint density at radius 2 is 0.630 bits per heavy atom. The first-order valence-electron chi connectivity index (χ1n) is 26.5. The smallest absolute Gasteiger partial charge is 0.0541 e. The fraction of sp³-hybridized carbons (Fsp3) is 0.143. The Hall–Kier alpha value is -8.40. The second-order valence-electron chi connectivity index (χ2n) is 21.6. The SMILES string of the molecule is c1ccc(-n2c3ccccc3c3cc(-c4ccc(N(c5ccc(-c6ccc(C78CC9CC(CC(C9)C7)C8)cc6)cc5)c5ccc(-c6ccc7c(c6)c6ccccc6n7-c6ccccc6)cc5)cc4)ccc32)cc1. The first-order valence-corrected chi connectivity index (χ1v) is 26.5. The molecule has 350 valence electrons. The van der Waals surface area contributed by atoms with Gasteiger partial charge in [-0.05, 0) is 198 Å². The molecule has 3 nitrogen and oxygen atoms in total. The number of hydrogen-bond acceptors (Lipinski definition) is 1. The van der Waals surface area contributed by atoms with Gasteiger partial charge in [0.1, 0.15) is 0 Å². The number of anilines is 3. The molecule has 0 aliphatic heterocycles. The van der Waals surface area contributed by atoms with Crippen LogP contribution in [0.4, 0.5) is 17.1 Å². The molecule has 2 heterocycles. The molecule has 3 heteroatoms. The highest BCUT2D eigenvalue weighted by Crippen LogP contribution is 2.61. The van der Waals surface area contributed by atoms with Crippen LogP contribution >= 0.6 is 0 Å². The molecular formula is C70H55N3. The lowest BCUT2D eigenvalue weighted by atomic mass is 9.48. The van der Waals surface area contributed by atoms with Gasteiger partial charge in [0.25, 0.3) is 0 Å². The van der Waals surface area contributed by atoms with Crippen LogP contribution in [0.3, 0.4) is 0 Å². The molecule has 4 saturated carbocycles. The Morgan fingerprint density at radius 3 is 1.04 bits per heavy atom. The molecule has 4 bridgehead atoms. The molecule has 10 aromatic carbocycles. The lowest BCUT2D eigenvalue weighted by Gasteiger charge is -2.57. The van der Waals surface area contributed by atoms with Crippen molar-refractivity contribution in [3.05, 3.63) is 248 Å². The zero-order valence-corrected chi connectivity index (χ0v) is 40.9. The molecule has 0 unspecified atom stereocenters. The summed E-state index contributed by atoms with van der Waals surface area (Å²) in [5.41, 5.74) is 19.9. The minimum atomic E-state index is 0.411. The van der Waals surface area contributed by atoms with E-state index in [2.05, 4.69) is 257 Å². The van der Waals surface area contributed by atoms with Crippen molar-refractivity contribution in [3.8, 4) is 44.8 Å². The Kier molecular flexibility index (Phi) is 9.77. The summed E-state index contributed by atoms with van der Waals surface area (Å²) >= 11 is 0. The van der Waals surface area contributed by atoms with Crippen LogP contribution < -0.4 is 4.90 Å². The third kappa shape index (κ3) is 7.08. The minimum absolute atomic E-state index is 0.411. The van der Waals surface area contributed by atoms with Gasteiger partial charge in [0.05, 0.1) is 22.1 Å². The number of aromatic nitrogens is 2.